The molecule has 1 aromatic rings. The Kier molecular flexibility index (Phi) is 4.47. The lowest BCUT2D eigenvalue weighted by Gasteiger charge is -2.23. The van der Waals surface area contributed by atoms with Crippen molar-refractivity contribution in [1.82, 2.24) is 4.57 Å². The van der Waals surface area contributed by atoms with Gasteiger partial charge in [-0.1, -0.05) is 6.92 Å². The van der Waals surface area contributed by atoms with Crippen LogP contribution in [-0.2, 0) is 24.1 Å². The Balaban J connectivity index is 2.66. The van der Waals surface area contributed by atoms with Crippen LogP contribution >= 0.6 is 0 Å². The van der Waals surface area contributed by atoms with Gasteiger partial charge < -0.3 is 14.4 Å². The van der Waals surface area contributed by atoms with Crippen molar-refractivity contribution in [2.45, 2.75) is 52.5 Å². The topological polar surface area (TPSA) is 68.5 Å². The van der Waals surface area contributed by atoms with Crippen LogP contribution in [-0.4, -0.2) is 22.2 Å². The monoisotopic (exact) mass is 279 g/mol. The van der Waals surface area contributed by atoms with Gasteiger partial charge in [0.05, 0.1) is 6.61 Å². The lowest BCUT2D eigenvalue weighted by Crippen LogP contribution is -2.32. The van der Waals surface area contributed by atoms with Crippen LogP contribution in [0, 0.1) is 0 Å². The first kappa shape index (κ1) is 14.6. The second-order valence-electron chi connectivity index (χ2n) is 5.03. The van der Waals surface area contributed by atoms with Crippen molar-refractivity contribution in [3.05, 3.63) is 27.2 Å². The Morgan fingerprint density at radius 3 is 2.65 bits per heavy atom. The number of ether oxygens (including phenoxy) is 1. The van der Waals surface area contributed by atoms with Gasteiger partial charge in [-0.25, -0.2) is 4.79 Å². The number of nitrogens with zero attached hydrogens (tertiary/aromatic N) is 1. The fraction of sp³-hybridized carbons (Fsp3) is 0.600. The number of rotatable bonds is 4. The number of aromatic nitrogens is 1. The van der Waals surface area contributed by atoms with Gasteiger partial charge in [-0.2, -0.15) is 0 Å². The molecule has 5 nitrogen and oxygen atoms in total. The van der Waals surface area contributed by atoms with Crippen molar-refractivity contribution in [3.8, 4) is 5.75 Å². The summed E-state index contributed by atoms with van der Waals surface area (Å²) in [6.45, 7) is 4.41. The van der Waals surface area contributed by atoms with Gasteiger partial charge in [-0.3, -0.25) is 4.79 Å². The molecule has 0 amide bonds. The van der Waals surface area contributed by atoms with Crippen LogP contribution in [0.25, 0.3) is 0 Å². The van der Waals surface area contributed by atoms with Gasteiger partial charge in [0.1, 0.15) is 5.75 Å². The molecule has 0 fully saturated rings. The molecule has 0 saturated carbocycles. The van der Waals surface area contributed by atoms with E-state index in [9.17, 15) is 14.7 Å². The highest BCUT2D eigenvalue weighted by Crippen LogP contribution is 2.30. The Labute approximate surface area is 118 Å². The predicted octanol–water partition coefficient (Wildman–Crippen LogP) is 2.02. The third kappa shape index (κ3) is 2.44. The second-order valence-corrected chi connectivity index (χ2v) is 5.03. The number of esters is 1. The summed E-state index contributed by atoms with van der Waals surface area (Å²) < 4.78 is 6.54. The second kappa shape index (κ2) is 6.11. The fourth-order valence-corrected chi connectivity index (χ4v) is 2.80. The lowest BCUT2D eigenvalue weighted by molar-refractivity contribution is 0.0519. The van der Waals surface area contributed by atoms with Gasteiger partial charge in [0.25, 0.3) is 5.56 Å². The maximum atomic E-state index is 12.5. The third-order valence-electron chi connectivity index (χ3n) is 3.67. The van der Waals surface area contributed by atoms with Crippen molar-refractivity contribution in [1.29, 1.82) is 0 Å². The molecule has 1 heterocycles. The van der Waals surface area contributed by atoms with Crippen LogP contribution in [0.15, 0.2) is 4.79 Å². The highest BCUT2D eigenvalue weighted by Gasteiger charge is 2.27. The van der Waals surface area contributed by atoms with E-state index in [0.29, 0.717) is 13.0 Å². The van der Waals surface area contributed by atoms with Crippen LogP contribution < -0.4 is 5.56 Å². The Bertz CT molecular complexity index is 574. The van der Waals surface area contributed by atoms with Gasteiger partial charge in [0.15, 0.2) is 5.56 Å². The summed E-state index contributed by atoms with van der Waals surface area (Å²) in [7, 11) is 0. The van der Waals surface area contributed by atoms with Crippen LogP contribution in [0.1, 0.15) is 54.7 Å². The quantitative estimate of drug-likeness (QED) is 0.856. The molecule has 0 aliphatic heterocycles. The van der Waals surface area contributed by atoms with E-state index in [2.05, 4.69) is 0 Å². The van der Waals surface area contributed by atoms with Gasteiger partial charge in [-0.15, -0.1) is 0 Å². The first-order valence-corrected chi connectivity index (χ1v) is 7.26. The molecule has 0 spiro atoms. The summed E-state index contributed by atoms with van der Waals surface area (Å²) in [5.74, 6) is -0.899. The van der Waals surface area contributed by atoms with Gasteiger partial charge in [0.2, 0.25) is 0 Å². The van der Waals surface area contributed by atoms with Crippen LogP contribution in [0.2, 0.25) is 0 Å². The fourth-order valence-electron chi connectivity index (χ4n) is 2.80. The number of carbonyl (C=O) groups excluding carboxylic acids is 1. The Morgan fingerprint density at radius 2 is 2.00 bits per heavy atom. The summed E-state index contributed by atoms with van der Waals surface area (Å²) in [5.41, 5.74) is 0.991. The number of aromatic hydroxyl groups is 1. The maximum absolute atomic E-state index is 12.5. The normalized spacial score (nSPS) is 13.9. The molecular weight excluding hydrogens is 258 g/mol. The van der Waals surface area contributed by atoms with E-state index in [1.54, 1.807) is 11.5 Å². The molecule has 0 atom stereocenters. The average molecular weight is 279 g/mol. The van der Waals surface area contributed by atoms with E-state index in [4.69, 9.17) is 4.74 Å². The first-order chi connectivity index (χ1) is 9.61. The number of hydrogen-bond donors (Lipinski definition) is 1. The van der Waals surface area contributed by atoms with Crippen molar-refractivity contribution in [3.63, 3.8) is 0 Å². The molecule has 1 aromatic heterocycles. The van der Waals surface area contributed by atoms with Crippen LogP contribution in [0.5, 0.6) is 5.75 Å². The predicted molar refractivity (Wildman–Crippen MR) is 75.3 cm³/mol. The highest BCUT2D eigenvalue weighted by atomic mass is 16.5. The molecule has 5 heteroatoms. The molecule has 110 valence electrons. The van der Waals surface area contributed by atoms with Crippen molar-refractivity contribution < 1.29 is 14.6 Å². The minimum atomic E-state index is -0.728. The molecule has 2 rings (SSSR count). The molecule has 0 aromatic carbocycles. The number of hydrogen-bond acceptors (Lipinski definition) is 4. The van der Waals surface area contributed by atoms with E-state index in [1.165, 1.54) is 0 Å². The summed E-state index contributed by atoms with van der Waals surface area (Å²) in [6.07, 6.45) is 4.26. The van der Waals surface area contributed by atoms with E-state index < -0.39 is 11.5 Å². The molecular formula is C15H21NO4. The summed E-state index contributed by atoms with van der Waals surface area (Å²) in [5, 5.41) is 10.3. The van der Waals surface area contributed by atoms with Crippen molar-refractivity contribution >= 4 is 5.97 Å². The summed E-state index contributed by atoms with van der Waals surface area (Å²) in [4.78, 5) is 24.4. The first-order valence-electron chi connectivity index (χ1n) is 7.26. The number of carbonyl (C=O) groups is 1. The molecule has 0 radical (unpaired) electrons. The van der Waals surface area contributed by atoms with E-state index in [0.717, 1.165) is 36.9 Å². The summed E-state index contributed by atoms with van der Waals surface area (Å²) in [6, 6.07) is 0. The van der Waals surface area contributed by atoms with E-state index >= 15 is 0 Å². The van der Waals surface area contributed by atoms with Gasteiger partial charge >= 0.3 is 5.97 Å². The zero-order chi connectivity index (χ0) is 14.7. The highest BCUT2D eigenvalue weighted by molar-refractivity contribution is 5.92. The Hall–Kier alpha value is -1.78. The number of pyridine rings is 1. The van der Waals surface area contributed by atoms with Crippen molar-refractivity contribution in [2.24, 2.45) is 0 Å². The van der Waals surface area contributed by atoms with Crippen LogP contribution in [0.3, 0.4) is 0 Å². The molecule has 1 aliphatic carbocycles. The molecule has 1 aliphatic rings. The van der Waals surface area contributed by atoms with Crippen LogP contribution in [0.4, 0.5) is 0 Å². The molecule has 0 unspecified atom stereocenters. The molecule has 1 N–H and O–H groups in total. The molecule has 0 bridgehead atoms. The minimum absolute atomic E-state index is 0.171. The SMILES string of the molecule is CCCn1c2c(c(O)c(C(=O)OCC)c1=O)CCCC2. The Morgan fingerprint density at radius 1 is 1.30 bits per heavy atom. The van der Waals surface area contributed by atoms with Crippen molar-refractivity contribution in [2.75, 3.05) is 6.61 Å². The van der Waals surface area contributed by atoms with Gasteiger partial charge in [0, 0.05) is 17.8 Å². The molecule has 20 heavy (non-hydrogen) atoms. The zero-order valence-corrected chi connectivity index (χ0v) is 12.1. The third-order valence-corrected chi connectivity index (χ3v) is 3.67. The number of fused-ring (bicyclic) bond motifs is 1. The summed E-state index contributed by atoms with van der Waals surface area (Å²) >= 11 is 0. The van der Waals surface area contributed by atoms with E-state index in [-0.39, 0.29) is 17.9 Å². The maximum Gasteiger partial charge on any atom is 0.347 e. The molecule has 0 saturated heterocycles. The van der Waals surface area contributed by atoms with E-state index in [1.807, 2.05) is 6.92 Å². The van der Waals surface area contributed by atoms with Gasteiger partial charge in [-0.05, 0) is 39.0 Å². The smallest absolute Gasteiger partial charge is 0.347 e. The zero-order valence-electron chi connectivity index (χ0n) is 12.1. The lowest BCUT2D eigenvalue weighted by atomic mass is 9.93. The standard InChI is InChI=1S/C15H21NO4/c1-3-9-16-11-8-6-5-7-10(11)13(17)12(14(16)18)15(19)20-4-2/h17H,3-9H2,1-2H3. The average Bonchev–Trinajstić information content (AvgIpc) is 2.44. The minimum Gasteiger partial charge on any atom is -0.506 e. The largest absolute Gasteiger partial charge is 0.506 e.